The Bertz CT molecular complexity index is 272. The van der Waals surface area contributed by atoms with E-state index >= 15 is 0 Å². The minimum atomic E-state index is -0.349. The highest BCUT2D eigenvalue weighted by atomic mass is 32.1. The molecular formula is C16H34N2OS. The highest BCUT2D eigenvalue weighted by Crippen LogP contribution is 2.31. The summed E-state index contributed by atoms with van der Waals surface area (Å²) in [6.45, 7) is 9.99. The van der Waals surface area contributed by atoms with E-state index in [1.54, 1.807) is 0 Å². The number of unbranched alkanes of at least 4 members (excludes halogenated alkanes) is 4. The van der Waals surface area contributed by atoms with Crippen LogP contribution in [0.5, 0.6) is 0 Å². The topological polar surface area (TPSA) is 41.1 Å². The van der Waals surface area contributed by atoms with Gasteiger partial charge in [0.2, 0.25) is 5.91 Å². The molecule has 4 heteroatoms. The second kappa shape index (κ2) is 9.67. The summed E-state index contributed by atoms with van der Waals surface area (Å²) in [4.78, 5) is 12.2. The summed E-state index contributed by atoms with van der Waals surface area (Å²) < 4.78 is -0.117. The van der Waals surface area contributed by atoms with Crippen LogP contribution in [0.4, 0.5) is 0 Å². The van der Waals surface area contributed by atoms with Crippen LogP contribution in [0.2, 0.25) is 0 Å². The van der Waals surface area contributed by atoms with Crippen LogP contribution in [-0.2, 0) is 4.79 Å². The molecule has 0 aliphatic rings. The Labute approximate surface area is 131 Å². The van der Waals surface area contributed by atoms with Crippen LogP contribution >= 0.6 is 12.6 Å². The van der Waals surface area contributed by atoms with Crippen molar-refractivity contribution in [3.8, 4) is 0 Å². The van der Waals surface area contributed by atoms with Gasteiger partial charge in [-0.15, -0.1) is 0 Å². The lowest BCUT2D eigenvalue weighted by Gasteiger charge is -2.30. The summed E-state index contributed by atoms with van der Waals surface area (Å²) in [6.07, 6.45) is 6.82. The van der Waals surface area contributed by atoms with Gasteiger partial charge in [-0.1, -0.05) is 47.0 Å². The number of nitrogens with one attached hydrogen (secondary N) is 2. The molecule has 2 N–H and O–H groups in total. The molecule has 0 unspecified atom stereocenters. The number of carbonyl (C=O) groups is 1. The minimum absolute atomic E-state index is 0.117. The standard InChI is InChI=1S/C16H34N2OS/c1-15(2,13-16(3,4)20)14(19)18-12-10-8-6-7-9-11-17-5/h17,20H,6-13H2,1-5H3,(H,18,19). The van der Waals surface area contributed by atoms with E-state index in [9.17, 15) is 4.79 Å². The Morgan fingerprint density at radius 1 is 0.950 bits per heavy atom. The second-order valence-corrected chi connectivity index (χ2v) is 8.21. The maximum absolute atomic E-state index is 12.2. The van der Waals surface area contributed by atoms with E-state index in [0.717, 1.165) is 25.9 Å². The Hall–Kier alpha value is -0.220. The fourth-order valence-electron chi connectivity index (χ4n) is 2.56. The maximum Gasteiger partial charge on any atom is 0.225 e. The molecule has 0 aliphatic carbocycles. The van der Waals surface area contributed by atoms with Gasteiger partial charge in [0.25, 0.3) is 0 Å². The van der Waals surface area contributed by atoms with Crippen LogP contribution in [0, 0.1) is 5.41 Å². The highest BCUT2D eigenvalue weighted by Gasteiger charge is 2.32. The molecule has 0 saturated carbocycles. The van der Waals surface area contributed by atoms with Crippen LogP contribution < -0.4 is 10.6 Å². The number of thiol groups is 1. The van der Waals surface area contributed by atoms with Crippen LogP contribution in [0.25, 0.3) is 0 Å². The molecule has 0 heterocycles. The normalized spacial score (nSPS) is 12.5. The molecule has 0 spiro atoms. The third kappa shape index (κ3) is 10.6. The molecule has 0 bridgehead atoms. The first kappa shape index (κ1) is 19.8. The summed E-state index contributed by atoms with van der Waals surface area (Å²) in [5, 5.41) is 6.22. The van der Waals surface area contributed by atoms with Crippen molar-refractivity contribution in [3.63, 3.8) is 0 Å². The molecule has 0 aliphatic heterocycles. The van der Waals surface area contributed by atoms with Gasteiger partial charge in [0.05, 0.1) is 0 Å². The van der Waals surface area contributed by atoms with Crippen molar-refractivity contribution in [1.82, 2.24) is 10.6 Å². The van der Waals surface area contributed by atoms with Gasteiger partial charge in [0.1, 0.15) is 0 Å². The zero-order valence-corrected chi connectivity index (χ0v) is 14.9. The van der Waals surface area contributed by atoms with Gasteiger partial charge < -0.3 is 10.6 Å². The average molecular weight is 303 g/mol. The van der Waals surface area contributed by atoms with E-state index in [1.165, 1.54) is 25.7 Å². The maximum atomic E-state index is 12.2. The molecule has 0 rings (SSSR count). The number of rotatable bonds is 11. The van der Waals surface area contributed by atoms with E-state index in [1.807, 2.05) is 20.9 Å². The van der Waals surface area contributed by atoms with Gasteiger partial charge in [-0.3, -0.25) is 4.79 Å². The van der Waals surface area contributed by atoms with E-state index in [4.69, 9.17) is 0 Å². The summed E-state index contributed by atoms with van der Waals surface area (Å²) >= 11 is 4.52. The molecule has 0 aromatic heterocycles. The molecule has 0 radical (unpaired) electrons. The van der Waals surface area contributed by atoms with Crippen molar-refractivity contribution in [2.45, 2.75) is 71.0 Å². The smallest absolute Gasteiger partial charge is 0.225 e. The van der Waals surface area contributed by atoms with Crippen molar-refractivity contribution < 1.29 is 4.79 Å². The van der Waals surface area contributed by atoms with Crippen molar-refractivity contribution in [2.24, 2.45) is 5.41 Å². The fourth-order valence-corrected chi connectivity index (χ4v) is 2.96. The van der Waals surface area contributed by atoms with E-state index in [0.29, 0.717) is 0 Å². The summed E-state index contributed by atoms with van der Waals surface area (Å²) in [5.41, 5.74) is -0.349. The Balaban J connectivity index is 3.72. The molecular weight excluding hydrogens is 268 g/mol. The van der Waals surface area contributed by atoms with E-state index in [2.05, 4.69) is 37.1 Å². The molecule has 0 atom stereocenters. The van der Waals surface area contributed by atoms with Crippen LogP contribution in [0.1, 0.15) is 66.2 Å². The lowest BCUT2D eigenvalue weighted by atomic mass is 9.82. The van der Waals surface area contributed by atoms with Gasteiger partial charge in [-0.25, -0.2) is 0 Å². The highest BCUT2D eigenvalue weighted by molar-refractivity contribution is 7.81. The first-order valence-electron chi connectivity index (χ1n) is 7.84. The van der Waals surface area contributed by atoms with Crippen LogP contribution in [0.15, 0.2) is 0 Å². The zero-order chi connectivity index (χ0) is 15.6. The fraction of sp³-hybridized carbons (Fsp3) is 0.938. The minimum Gasteiger partial charge on any atom is -0.356 e. The van der Waals surface area contributed by atoms with Gasteiger partial charge in [-0.05, 0) is 32.9 Å². The number of carbonyl (C=O) groups excluding carboxylic acids is 1. The van der Waals surface area contributed by atoms with Gasteiger partial charge in [-0.2, -0.15) is 12.6 Å². The first-order valence-corrected chi connectivity index (χ1v) is 8.29. The molecule has 3 nitrogen and oxygen atoms in total. The Morgan fingerprint density at radius 2 is 1.45 bits per heavy atom. The number of amides is 1. The van der Waals surface area contributed by atoms with Gasteiger partial charge >= 0.3 is 0 Å². The third-order valence-corrected chi connectivity index (χ3v) is 3.54. The second-order valence-electron chi connectivity index (χ2n) is 7.00. The van der Waals surface area contributed by atoms with Crippen LogP contribution in [-0.4, -0.2) is 30.8 Å². The number of hydrogen-bond acceptors (Lipinski definition) is 3. The van der Waals surface area contributed by atoms with Crippen molar-refractivity contribution in [2.75, 3.05) is 20.1 Å². The lowest BCUT2D eigenvalue weighted by molar-refractivity contribution is -0.129. The van der Waals surface area contributed by atoms with Crippen molar-refractivity contribution >= 4 is 18.5 Å². The van der Waals surface area contributed by atoms with Crippen molar-refractivity contribution in [1.29, 1.82) is 0 Å². The quantitative estimate of drug-likeness (QED) is 0.404. The summed E-state index contributed by atoms with van der Waals surface area (Å²) in [7, 11) is 1.99. The third-order valence-electron chi connectivity index (χ3n) is 3.38. The SMILES string of the molecule is CNCCCCCCCNC(=O)C(C)(C)CC(C)(C)S. The molecule has 0 aromatic rings. The number of hydrogen-bond donors (Lipinski definition) is 3. The predicted molar refractivity (Wildman–Crippen MR) is 91.5 cm³/mol. The lowest BCUT2D eigenvalue weighted by Crippen LogP contribution is -2.40. The molecule has 0 fully saturated rings. The molecule has 0 aromatic carbocycles. The zero-order valence-electron chi connectivity index (χ0n) is 14.0. The largest absolute Gasteiger partial charge is 0.356 e. The molecule has 1 amide bonds. The average Bonchev–Trinajstić information content (AvgIpc) is 2.29. The van der Waals surface area contributed by atoms with Gasteiger partial charge in [0.15, 0.2) is 0 Å². The predicted octanol–water partition coefficient (Wildman–Crippen LogP) is 3.40. The summed E-state index contributed by atoms with van der Waals surface area (Å²) in [5.74, 6) is 0.148. The van der Waals surface area contributed by atoms with E-state index in [-0.39, 0.29) is 16.1 Å². The Morgan fingerprint density at radius 3 is 1.95 bits per heavy atom. The Kier molecular flexibility index (Phi) is 9.56. The molecule has 120 valence electrons. The molecule has 0 saturated heterocycles. The summed E-state index contributed by atoms with van der Waals surface area (Å²) in [6, 6.07) is 0. The van der Waals surface area contributed by atoms with Crippen LogP contribution in [0.3, 0.4) is 0 Å². The monoisotopic (exact) mass is 302 g/mol. The van der Waals surface area contributed by atoms with E-state index < -0.39 is 0 Å². The molecule has 20 heavy (non-hydrogen) atoms. The first-order chi connectivity index (χ1) is 9.19. The van der Waals surface area contributed by atoms with Gasteiger partial charge in [0, 0.05) is 16.7 Å². The van der Waals surface area contributed by atoms with Crippen molar-refractivity contribution in [3.05, 3.63) is 0 Å².